The van der Waals surface area contributed by atoms with Crippen molar-refractivity contribution in [2.45, 2.75) is 32.5 Å². The maximum absolute atomic E-state index is 13.7. The van der Waals surface area contributed by atoms with E-state index in [0.29, 0.717) is 11.6 Å². The molecule has 1 atom stereocenters. The Morgan fingerprint density at radius 1 is 0.947 bits per heavy atom. The van der Waals surface area contributed by atoms with E-state index in [-0.39, 0.29) is 23.9 Å². The fourth-order valence-corrected chi connectivity index (χ4v) is 3.05. The summed E-state index contributed by atoms with van der Waals surface area (Å²) in [4.78, 5) is 38.9. The Kier molecular flexibility index (Phi) is 9.65. The number of carbonyl (C=O) groups excluding carboxylic acids is 3. The maximum Gasteiger partial charge on any atom is 0.509 e. The van der Waals surface area contributed by atoms with Crippen LogP contribution >= 0.6 is 0 Å². The number of nitrogens with zero attached hydrogens (tertiary/aromatic N) is 3. The molecule has 0 heterocycles. The van der Waals surface area contributed by atoms with Gasteiger partial charge in [-0.1, -0.05) is 0 Å². The van der Waals surface area contributed by atoms with Gasteiger partial charge < -0.3 is 18.9 Å². The largest absolute Gasteiger partial charge is 0.509 e. The fourth-order valence-electron chi connectivity index (χ4n) is 3.05. The monoisotopic (exact) mass is 533 g/mol. The van der Waals surface area contributed by atoms with Gasteiger partial charge in [0.15, 0.2) is 0 Å². The number of benzene rings is 2. The molecule has 200 valence electrons. The lowest BCUT2D eigenvalue weighted by Crippen LogP contribution is -2.55. The molecule has 2 rings (SSSR count). The molecule has 2 aromatic rings. The van der Waals surface area contributed by atoms with Gasteiger partial charge in [-0.25, -0.2) is 14.5 Å². The molecular weight excluding hydrogens is 511 g/mol. The smallest absolute Gasteiger partial charge is 0.489 e. The highest BCUT2D eigenvalue weighted by Crippen LogP contribution is 2.35. The van der Waals surface area contributed by atoms with Crippen molar-refractivity contribution in [1.29, 1.82) is 10.5 Å². The number of rotatable bonds is 8. The number of ether oxygens (including phenoxy) is 4. The van der Waals surface area contributed by atoms with Crippen LogP contribution in [0.4, 0.5) is 28.4 Å². The molecule has 0 bridgehead atoms. The van der Waals surface area contributed by atoms with Gasteiger partial charge in [0.1, 0.15) is 12.4 Å². The first kappa shape index (κ1) is 29.5. The van der Waals surface area contributed by atoms with Gasteiger partial charge in [0.25, 0.3) is 5.91 Å². The van der Waals surface area contributed by atoms with Crippen LogP contribution in [0.25, 0.3) is 0 Å². The van der Waals surface area contributed by atoms with Gasteiger partial charge in [-0.2, -0.15) is 23.7 Å². The van der Waals surface area contributed by atoms with Gasteiger partial charge in [-0.15, -0.1) is 0 Å². The molecule has 0 aliphatic rings. The highest BCUT2D eigenvalue weighted by molar-refractivity contribution is 6.15. The molecule has 0 spiro atoms. The van der Waals surface area contributed by atoms with Crippen molar-refractivity contribution in [2.75, 3.05) is 24.7 Å². The van der Waals surface area contributed by atoms with Crippen LogP contribution in [0.3, 0.4) is 0 Å². The topological polar surface area (TPSA) is 139 Å². The van der Waals surface area contributed by atoms with Crippen molar-refractivity contribution in [3.8, 4) is 17.9 Å². The van der Waals surface area contributed by atoms with E-state index >= 15 is 0 Å². The van der Waals surface area contributed by atoms with Gasteiger partial charge in [-0.05, 0) is 63.2 Å². The number of alkyl halides is 3. The Bertz CT molecular complexity index is 1270. The van der Waals surface area contributed by atoms with Crippen molar-refractivity contribution in [2.24, 2.45) is 0 Å². The SMILES string of the molecule is CCOC(=O)O[C@@](C)(COc1ccc(C#N)cc1)C(=O)N(C(=O)OCC)c1ccc(C#N)c(C(F)(F)F)c1. The third-order valence-electron chi connectivity index (χ3n) is 4.86. The molecule has 0 saturated heterocycles. The Morgan fingerprint density at radius 2 is 1.58 bits per heavy atom. The summed E-state index contributed by atoms with van der Waals surface area (Å²) in [6, 6.07) is 11.1. The van der Waals surface area contributed by atoms with E-state index in [0.717, 1.165) is 19.1 Å². The van der Waals surface area contributed by atoms with Crippen LogP contribution in [0.15, 0.2) is 42.5 Å². The maximum atomic E-state index is 13.7. The summed E-state index contributed by atoms with van der Waals surface area (Å²) in [7, 11) is 0. The van der Waals surface area contributed by atoms with Crippen molar-refractivity contribution in [1.82, 2.24) is 0 Å². The standard InChI is InChI=1S/C25H22F3N3O7/c1-4-35-22(33)31(18-9-8-17(14-30)20(12-18)25(26,27)28)21(32)24(3,38-23(34)36-5-2)15-37-19-10-6-16(13-29)7-11-19/h6-12H,4-5,15H2,1-3H3/t24-/m0/s1. The molecule has 0 N–H and O–H groups in total. The average Bonchev–Trinajstić information content (AvgIpc) is 2.87. The van der Waals surface area contributed by atoms with Crippen LogP contribution in [0.5, 0.6) is 5.75 Å². The first-order chi connectivity index (χ1) is 17.9. The predicted octanol–water partition coefficient (Wildman–Crippen LogP) is 4.95. The second-order valence-electron chi connectivity index (χ2n) is 7.62. The molecule has 0 aliphatic carbocycles. The molecule has 10 nitrogen and oxygen atoms in total. The molecule has 0 radical (unpaired) electrons. The van der Waals surface area contributed by atoms with E-state index in [2.05, 4.69) is 0 Å². The number of imide groups is 1. The molecule has 0 saturated carbocycles. The van der Waals surface area contributed by atoms with Gasteiger partial charge >= 0.3 is 18.4 Å². The van der Waals surface area contributed by atoms with Crippen LogP contribution in [-0.4, -0.2) is 43.6 Å². The summed E-state index contributed by atoms with van der Waals surface area (Å²) >= 11 is 0. The number of hydrogen-bond donors (Lipinski definition) is 0. The first-order valence-electron chi connectivity index (χ1n) is 11.0. The van der Waals surface area contributed by atoms with Crippen molar-refractivity contribution < 1.29 is 46.5 Å². The van der Waals surface area contributed by atoms with Crippen molar-refractivity contribution in [3.63, 3.8) is 0 Å². The summed E-state index contributed by atoms with van der Waals surface area (Å²) in [5.41, 5.74) is -4.75. The van der Waals surface area contributed by atoms with Crippen molar-refractivity contribution >= 4 is 23.8 Å². The van der Waals surface area contributed by atoms with E-state index < -0.39 is 53.4 Å². The van der Waals surface area contributed by atoms with E-state index in [9.17, 15) is 27.6 Å². The number of anilines is 1. The number of amides is 2. The predicted molar refractivity (Wildman–Crippen MR) is 124 cm³/mol. The minimum absolute atomic E-state index is 0.133. The number of halogens is 3. The third-order valence-corrected chi connectivity index (χ3v) is 4.86. The van der Waals surface area contributed by atoms with E-state index in [1.165, 1.54) is 44.2 Å². The molecule has 0 aromatic heterocycles. The minimum Gasteiger partial charge on any atom is -0.489 e. The summed E-state index contributed by atoms with van der Waals surface area (Å²) < 4.78 is 61.1. The van der Waals surface area contributed by atoms with E-state index in [1.54, 1.807) is 0 Å². The van der Waals surface area contributed by atoms with Crippen LogP contribution < -0.4 is 9.64 Å². The van der Waals surface area contributed by atoms with E-state index in [1.807, 2.05) is 6.07 Å². The highest BCUT2D eigenvalue weighted by Gasteiger charge is 2.46. The van der Waals surface area contributed by atoms with Crippen LogP contribution in [-0.2, 0) is 25.2 Å². The molecule has 2 amide bonds. The molecular formula is C25H22F3N3O7. The summed E-state index contributed by atoms with van der Waals surface area (Å²) in [6.45, 7) is 2.84. The molecule has 13 heteroatoms. The summed E-state index contributed by atoms with van der Waals surface area (Å²) in [6.07, 6.45) is -7.67. The molecule has 38 heavy (non-hydrogen) atoms. The Labute approximate surface area is 215 Å². The Hall–Kier alpha value is -4.78. The number of hydrogen-bond acceptors (Lipinski definition) is 9. The quantitative estimate of drug-likeness (QED) is 0.431. The van der Waals surface area contributed by atoms with Crippen molar-refractivity contribution in [3.05, 3.63) is 59.2 Å². The zero-order valence-electron chi connectivity index (χ0n) is 20.5. The zero-order valence-corrected chi connectivity index (χ0v) is 20.5. The fraction of sp³-hybridized carbons (Fsp3) is 0.320. The second-order valence-corrected chi connectivity index (χ2v) is 7.62. The Morgan fingerprint density at radius 3 is 2.11 bits per heavy atom. The summed E-state index contributed by atoms with van der Waals surface area (Å²) in [5.74, 6) is -1.17. The molecule has 0 aliphatic heterocycles. The highest BCUT2D eigenvalue weighted by atomic mass is 19.4. The number of carbonyl (C=O) groups is 3. The van der Waals surface area contributed by atoms with Crippen LogP contribution in [0.2, 0.25) is 0 Å². The first-order valence-corrected chi connectivity index (χ1v) is 11.0. The lowest BCUT2D eigenvalue weighted by Gasteiger charge is -2.32. The van der Waals surface area contributed by atoms with Crippen LogP contribution in [0.1, 0.15) is 37.5 Å². The molecule has 0 fully saturated rings. The minimum atomic E-state index is -4.99. The van der Waals surface area contributed by atoms with Gasteiger partial charge in [0.05, 0.1) is 47.7 Å². The van der Waals surface area contributed by atoms with Gasteiger partial charge in [0, 0.05) is 0 Å². The van der Waals surface area contributed by atoms with Gasteiger partial charge in [0.2, 0.25) is 5.60 Å². The summed E-state index contributed by atoms with van der Waals surface area (Å²) in [5, 5.41) is 18.0. The van der Waals surface area contributed by atoms with Crippen LogP contribution in [0, 0.1) is 22.7 Å². The zero-order chi connectivity index (χ0) is 28.5. The lowest BCUT2D eigenvalue weighted by atomic mass is 10.0. The number of nitriles is 2. The van der Waals surface area contributed by atoms with E-state index in [4.69, 9.17) is 29.5 Å². The lowest BCUT2D eigenvalue weighted by molar-refractivity contribution is -0.141. The third kappa shape index (κ3) is 7.13. The molecule has 0 unspecified atom stereocenters. The molecule has 2 aromatic carbocycles. The Balaban J connectivity index is 2.58. The average molecular weight is 533 g/mol. The second kappa shape index (κ2) is 12.5. The van der Waals surface area contributed by atoms with Gasteiger partial charge in [-0.3, -0.25) is 4.79 Å². The normalized spacial score (nSPS) is 12.2.